The summed E-state index contributed by atoms with van der Waals surface area (Å²) >= 11 is 0. The van der Waals surface area contributed by atoms with Crippen molar-refractivity contribution in [3.8, 4) is 0 Å². The molecule has 0 bridgehead atoms. The maximum Gasteiger partial charge on any atom is 0.333 e. The molecule has 0 aliphatic carbocycles. The highest BCUT2D eigenvalue weighted by Crippen LogP contribution is 2.27. The lowest BCUT2D eigenvalue weighted by Crippen LogP contribution is -2.45. The first-order valence-electron chi connectivity index (χ1n) is 6.41. The summed E-state index contributed by atoms with van der Waals surface area (Å²) in [7, 11) is 0. The number of aliphatic hydroxyl groups is 3. The van der Waals surface area contributed by atoms with Crippen molar-refractivity contribution in [3.63, 3.8) is 0 Å². The molecule has 0 saturated carbocycles. The number of nitrogens with zero attached hydrogens (tertiary/aromatic N) is 2. The van der Waals surface area contributed by atoms with E-state index in [0.29, 0.717) is 15.3 Å². The second-order valence-corrected chi connectivity index (χ2v) is 4.99. The van der Waals surface area contributed by atoms with Crippen molar-refractivity contribution in [2.45, 2.75) is 38.0 Å². The molecule has 2 rings (SSSR count). The van der Waals surface area contributed by atoms with Crippen LogP contribution >= 0.6 is 0 Å². The summed E-state index contributed by atoms with van der Waals surface area (Å²) in [6.07, 6.45) is -5.23. The molecule has 1 saturated heterocycles. The average Bonchev–Trinajstić information content (AvgIpc) is 2.75. The molecule has 0 radical (unpaired) electrons. The summed E-state index contributed by atoms with van der Waals surface area (Å²) in [6.45, 7) is -0.142. The van der Waals surface area contributed by atoms with Crippen LogP contribution in [0.3, 0.4) is 0 Å². The third kappa shape index (κ3) is 2.73. The highest BCUT2D eigenvalue weighted by Gasteiger charge is 2.44. The van der Waals surface area contributed by atoms with E-state index in [1.54, 1.807) is 0 Å². The predicted octanol–water partition coefficient (Wildman–Crippen LogP) is -2.65. The third-order valence-electron chi connectivity index (χ3n) is 3.33. The van der Waals surface area contributed by atoms with E-state index in [2.05, 4.69) is 0 Å². The molecule has 0 unspecified atom stereocenters. The van der Waals surface area contributed by atoms with Gasteiger partial charge in [-0.25, -0.2) is 4.79 Å². The zero-order chi connectivity index (χ0) is 16.6. The zero-order valence-electron chi connectivity index (χ0n) is 11.5. The van der Waals surface area contributed by atoms with Crippen molar-refractivity contribution in [1.29, 1.82) is 0 Å². The van der Waals surface area contributed by atoms with E-state index in [-0.39, 0.29) is 0 Å². The van der Waals surface area contributed by atoms with Gasteiger partial charge in [0, 0.05) is 0 Å². The number of ether oxygens (including phenoxy) is 1. The van der Waals surface area contributed by atoms with Gasteiger partial charge in [0.2, 0.25) is 5.82 Å². The molecule has 1 aromatic rings. The summed E-state index contributed by atoms with van der Waals surface area (Å²) in [5, 5.41) is 28.5. The Morgan fingerprint density at radius 2 is 2.00 bits per heavy atom. The molecule has 1 aromatic heterocycles. The number of aliphatic hydroxyl groups excluding tert-OH is 3. The third-order valence-corrected chi connectivity index (χ3v) is 3.33. The smallest absolute Gasteiger partial charge is 0.333 e. The Labute approximate surface area is 122 Å². The van der Waals surface area contributed by atoms with Gasteiger partial charge in [-0.3, -0.25) is 18.7 Å². The number of rotatable bonds is 4. The molecule has 2 heterocycles. The molecule has 1 aliphatic heterocycles. The van der Waals surface area contributed by atoms with Crippen molar-refractivity contribution in [1.82, 2.24) is 9.13 Å². The Balaban J connectivity index is 2.53. The SMILES string of the molecule is CC(=O)Cn1c(=O)c(F)cn([C@@H]2O[C@H](CO)[C@@H](O)[C@H]2O)c1=O. The standard InChI is InChI=1S/C12H15FN2O7/c1-5(17)2-14-10(20)6(13)3-15(12(14)21)11-9(19)8(18)7(4-16)22-11/h3,7-9,11,16,18-19H,2,4H2,1H3/t7-,8-,9-,11-/m1/s1. The highest BCUT2D eigenvalue weighted by atomic mass is 19.1. The molecule has 0 spiro atoms. The van der Waals surface area contributed by atoms with Gasteiger partial charge in [-0.15, -0.1) is 0 Å². The number of carbonyl (C=O) groups is 1. The Kier molecular flexibility index (Phi) is 4.56. The summed E-state index contributed by atoms with van der Waals surface area (Å²) in [5.74, 6) is -1.86. The molecule has 1 fully saturated rings. The Bertz CT molecular complexity index is 698. The fourth-order valence-corrected chi connectivity index (χ4v) is 2.24. The second-order valence-electron chi connectivity index (χ2n) is 4.99. The van der Waals surface area contributed by atoms with Crippen LogP contribution in [0, 0.1) is 5.82 Å². The van der Waals surface area contributed by atoms with Crippen LogP contribution in [-0.2, 0) is 16.1 Å². The van der Waals surface area contributed by atoms with Gasteiger partial charge < -0.3 is 20.1 Å². The van der Waals surface area contributed by atoms with Crippen LogP contribution in [0.2, 0.25) is 0 Å². The van der Waals surface area contributed by atoms with Gasteiger partial charge in [-0.05, 0) is 6.92 Å². The number of aromatic nitrogens is 2. The van der Waals surface area contributed by atoms with Crippen LogP contribution in [0.5, 0.6) is 0 Å². The summed E-state index contributed by atoms with van der Waals surface area (Å²) in [5.41, 5.74) is -2.35. The minimum Gasteiger partial charge on any atom is -0.394 e. The molecule has 4 atom stereocenters. The number of halogens is 1. The largest absolute Gasteiger partial charge is 0.394 e. The quantitative estimate of drug-likeness (QED) is 0.552. The maximum absolute atomic E-state index is 13.7. The van der Waals surface area contributed by atoms with E-state index >= 15 is 0 Å². The van der Waals surface area contributed by atoms with Gasteiger partial charge in [-0.1, -0.05) is 0 Å². The zero-order valence-corrected chi connectivity index (χ0v) is 11.5. The highest BCUT2D eigenvalue weighted by molar-refractivity contribution is 5.75. The Morgan fingerprint density at radius 3 is 2.50 bits per heavy atom. The first kappa shape index (κ1) is 16.5. The molecule has 0 aromatic carbocycles. The topological polar surface area (TPSA) is 131 Å². The van der Waals surface area contributed by atoms with Gasteiger partial charge >= 0.3 is 5.69 Å². The molecule has 0 amide bonds. The number of hydrogen-bond acceptors (Lipinski definition) is 7. The molecule has 22 heavy (non-hydrogen) atoms. The first-order valence-corrected chi connectivity index (χ1v) is 6.41. The molecule has 3 N–H and O–H groups in total. The molecular formula is C12H15FN2O7. The van der Waals surface area contributed by atoms with Gasteiger partial charge in [0.15, 0.2) is 6.23 Å². The number of Topliss-reactive ketones (excluding diaryl/α,β-unsaturated/α-hetero) is 1. The molecule has 122 valence electrons. The number of hydrogen-bond donors (Lipinski definition) is 3. The van der Waals surface area contributed by atoms with E-state index in [1.807, 2.05) is 0 Å². The summed E-state index contributed by atoms with van der Waals surface area (Å²) < 4.78 is 19.7. The fraction of sp³-hybridized carbons (Fsp3) is 0.583. The van der Waals surface area contributed by atoms with Crippen molar-refractivity contribution in [2.75, 3.05) is 6.61 Å². The van der Waals surface area contributed by atoms with Crippen LogP contribution in [0.4, 0.5) is 4.39 Å². The second kappa shape index (κ2) is 6.08. The minimum absolute atomic E-state index is 0.367. The first-order chi connectivity index (χ1) is 10.3. The average molecular weight is 318 g/mol. The summed E-state index contributed by atoms with van der Waals surface area (Å²) in [6, 6.07) is 0. The van der Waals surface area contributed by atoms with Gasteiger partial charge in [-0.2, -0.15) is 4.39 Å². The van der Waals surface area contributed by atoms with E-state index in [4.69, 9.17) is 9.84 Å². The van der Waals surface area contributed by atoms with Crippen LogP contribution in [0.15, 0.2) is 15.8 Å². The van der Waals surface area contributed by atoms with E-state index in [1.165, 1.54) is 0 Å². The van der Waals surface area contributed by atoms with Crippen molar-refractivity contribution < 1.29 is 29.2 Å². The Hall–Kier alpha value is -1.88. The van der Waals surface area contributed by atoms with E-state index in [9.17, 15) is 29.0 Å². The monoisotopic (exact) mass is 318 g/mol. The normalized spacial score (nSPS) is 28.0. The van der Waals surface area contributed by atoms with Crippen LogP contribution in [-0.4, -0.2) is 55.2 Å². The minimum atomic E-state index is -1.61. The number of carbonyl (C=O) groups excluding carboxylic acids is 1. The molecule has 9 nitrogen and oxygen atoms in total. The van der Waals surface area contributed by atoms with Crippen molar-refractivity contribution >= 4 is 5.78 Å². The van der Waals surface area contributed by atoms with E-state index in [0.717, 1.165) is 6.92 Å². The predicted molar refractivity (Wildman–Crippen MR) is 68.6 cm³/mol. The van der Waals surface area contributed by atoms with E-state index < -0.39 is 60.5 Å². The van der Waals surface area contributed by atoms with Crippen molar-refractivity contribution in [2.24, 2.45) is 0 Å². The lowest BCUT2D eigenvalue weighted by Gasteiger charge is -2.18. The molecule has 10 heteroatoms. The lowest BCUT2D eigenvalue weighted by atomic mass is 10.1. The van der Waals surface area contributed by atoms with Crippen molar-refractivity contribution in [3.05, 3.63) is 32.9 Å². The molecular weight excluding hydrogens is 303 g/mol. The molecule has 1 aliphatic rings. The fourth-order valence-electron chi connectivity index (χ4n) is 2.24. The maximum atomic E-state index is 13.7. The van der Waals surface area contributed by atoms with Gasteiger partial charge in [0.25, 0.3) is 5.56 Å². The lowest BCUT2D eigenvalue weighted by molar-refractivity contribution is -0.117. The summed E-state index contributed by atoms with van der Waals surface area (Å²) in [4.78, 5) is 34.9. The van der Waals surface area contributed by atoms with Crippen LogP contribution in [0.1, 0.15) is 13.2 Å². The van der Waals surface area contributed by atoms with Crippen LogP contribution in [0.25, 0.3) is 0 Å². The van der Waals surface area contributed by atoms with Gasteiger partial charge in [0.05, 0.1) is 19.3 Å². The Morgan fingerprint density at radius 1 is 1.36 bits per heavy atom. The van der Waals surface area contributed by atoms with Crippen LogP contribution < -0.4 is 11.2 Å². The number of ketones is 1. The van der Waals surface area contributed by atoms with Gasteiger partial charge in [0.1, 0.15) is 24.1 Å².